The molecule has 0 spiro atoms. The van der Waals surface area contributed by atoms with E-state index in [-0.39, 0.29) is 11.9 Å². The summed E-state index contributed by atoms with van der Waals surface area (Å²) in [4.78, 5) is 13.8. The van der Waals surface area contributed by atoms with Crippen LogP contribution in [0.3, 0.4) is 0 Å². The molecular formula is C12H18N6. The van der Waals surface area contributed by atoms with Gasteiger partial charge < -0.3 is 16.4 Å². The van der Waals surface area contributed by atoms with Gasteiger partial charge >= 0.3 is 0 Å². The smallest absolute Gasteiger partial charge is 0.231 e. The van der Waals surface area contributed by atoms with Crippen LogP contribution in [0.5, 0.6) is 0 Å². The third kappa shape index (κ3) is 2.77. The van der Waals surface area contributed by atoms with Crippen molar-refractivity contribution in [1.82, 2.24) is 15.0 Å². The first kappa shape index (κ1) is 12.3. The summed E-state index contributed by atoms with van der Waals surface area (Å²) in [5.74, 6) is 0.821. The number of allylic oxidation sites excluding steroid dienone is 3. The van der Waals surface area contributed by atoms with Crippen molar-refractivity contribution in [3.63, 3.8) is 0 Å². The fraction of sp³-hybridized carbons (Fsp3) is 0.417. The molecule has 1 aliphatic rings. The van der Waals surface area contributed by atoms with Gasteiger partial charge in [0.25, 0.3) is 0 Å². The van der Waals surface area contributed by atoms with E-state index in [1.54, 1.807) is 0 Å². The van der Waals surface area contributed by atoms with E-state index >= 15 is 0 Å². The lowest BCUT2D eigenvalue weighted by Crippen LogP contribution is -2.22. The highest BCUT2D eigenvalue weighted by molar-refractivity contribution is 5.40. The molecule has 0 saturated carbocycles. The van der Waals surface area contributed by atoms with E-state index in [9.17, 15) is 0 Å². The van der Waals surface area contributed by atoms with Gasteiger partial charge in [-0.15, -0.1) is 0 Å². The lowest BCUT2D eigenvalue weighted by molar-refractivity contribution is 0.831. The highest BCUT2D eigenvalue weighted by atomic mass is 15.3. The number of hydrogen-bond acceptors (Lipinski definition) is 6. The van der Waals surface area contributed by atoms with Crippen LogP contribution in [0, 0.1) is 0 Å². The van der Waals surface area contributed by atoms with Crippen molar-refractivity contribution >= 4 is 17.8 Å². The number of aromatic nitrogens is 3. The Morgan fingerprint density at radius 3 is 2.39 bits per heavy atom. The van der Waals surface area contributed by atoms with E-state index < -0.39 is 0 Å². The Kier molecular flexibility index (Phi) is 3.45. The van der Waals surface area contributed by atoms with Gasteiger partial charge in [0.05, 0.1) is 0 Å². The van der Waals surface area contributed by atoms with Crippen molar-refractivity contribution in [2.24, 2.45) is 0 Å². The van der Waals surface area contributed by atoms with Crippen LogP contribution in [0.1, 0.15) is 19.8 Å². The molecule has 0 saturated heterocycles. The lowest BCUT2D eigenvalue weighted by Gasteiger charge is -2.17. The highest BCUT2D eigenvalue weighted by Gasteiger charge is 2.10. The fourth-order valence-corrected chi connectivity index (χ4v) is 1.93. The molecule has 0 radical (unpaired) electrons. The van der Waals surface area contributed by atoms with E-state index in [0.29, 0.717) is 5.95 Å². The van der Waals surface area contributed by atoms with Crippen molar-refractivity contribution in [3.05, 3.63) is 23.3 Å². The first-order chi connectivity index (χ1) is 8.56. The largest absolute Gasteiger partial charge is 0.368 e. The first-order valence-corrected chi connectivity index (χ1v) is 5.90. The van der Waals surface area contributed by atoms with Gasteiger partial charge in [-0.2, -0.15) is 15.0 Å². The molecule has 0 unspecified atom stereocenters. The quantitative estimate of drug-likeness (QED) is 0.827. The normalized spacial score (nSPS) is 14.3. The first-order valence-electron chi connectivity index (χ1n) is 5.90. The molecule has 4 N–H and O–H groups in total. The Labute approximate surface area is 106 Å². The molecule has 1 aliphatic carbocycles. The maximum absolute atomic E-state index is 5.55. The number of nitrogens with two attached hydrogens (primary N) is 2. The van der Waals surface area contributed by atoms with Gasteiger partial charge in [-0.1, -0.05) is 17.7 Å². The van der Waals surface area contributed by atoms with Crippen molar-refractivity contribution in [3.8, 4) is 0 Å². The molecule has 1 aromatic heterocycles. The molecule has 2 rings (SSSR count). The topological polar surface area (TPSA) is 94.0 Å². The Morgan fingerprint density at radius 1 is 1.17 bits per heavy atom. The second-order valence-electron chi connectivity index (χ2n) is 4.38. The Bertz CT molecular complexity index is 485. The average Bonchev–Trinajstić information content (AvgIpc) is 2.70. The standard InChI is InChI=1S/C12H18N6/c1-8-4-3-5-9(8)6-7-18(2)12-16-10(13)15-11(14)17-12/h4-5H,3,6-7H2,1-2H3,(H4,13,14,15,16,17). The Hall–Kier alpha value is -2.11. The predicted molar refractivity (Wildman–Crippen MR) is 73.0 cm³/mol. The van der Waals surface area contributed by atoms with Crippen molar-refractivity contribution in [1.29, 1.82) is 0 Å². The van der Waals surface area contributed by atoms with Crippen molar-refractivity contribution in [2.45, 2.75) is 19.8 Å². The third-order valence-corrected chi connectivity index (χ3v) is 3.01. The zero-order valence-corrected chi connectivity index (χ0v) is 10.7. The van der Waals surface area contributed by atoms with E-state index in [0.717, 1.165) is 19.4 Å². The minimum atomic E-state index is 0.153. The summed E-state index contributed by atoms with van der Waals surface area (Å²) in [5.41, 5.74) is 13.8. The Balaban J connectivity index is 1.99. The molecule has 6 nitrogen and oxygen atoms in total. The summed E-state index contributed by atoms with van der Waals surface area (Å²) in [7, 11) is 1.92. The number of hydrogen-bond donors (Lipinski definition) is 2. The number of anilines is 3. The summed E-state index contributed by atoms with van der Waals surface area (Å²) >= 11 is 0. The molecule has 0 atom stereocenters. The van der Waals surface area contributed by atoms with Gasteiger partial charge in [0.1, 0.15) is 0 Å². The van der Waals surface area contributed by atoms with Crippen LogP contribution in [0.15, 0.2) is 23.3 Å². The van der Waals surface area contributed by atoms with Crippen LogP contribution in [0.25, 0.3) is 0 Å². The van der Waals surface area contributed by atoms with Crippen molar-refractivity contribution < 1.29 is 0 Å². The number of rotatable bonds is 4. The zero-order valence-electron chi connectivity index (χ0n) is 10.7. The highest BCUT2D eigenvalue weighted by Crippen LogP contribution is 2.22. The summed E-state index contributed by atoms with van der Waals surface area (Å²) in [5, 5.41) is 0. The van der Waals surface area contributed by atoms with Gasteiger partial charge in [0.15, 0.2) is 0 Å². The Morgan fingerprint density at radius 2 is 1.83 bits per heavy atom. The average molecular weight is 246 g/mol. The fourth-order valence-electron chi connectivity index (χ4n) is 1.93. The second kappa shape index (κ2) is 5.03. The van der Waals surface area contributed by atoms with E-state index in [2.05, 4.69) is 34.0 Å². The van der Waals surface area contributed by atoms with Crippen LogP contribution in [-0.2, 0) is 0 Å². The van der Waals surface area contributed by atoms with Gasteiger partial charge in [-0.05, 0) is 25.3 Å². The van der Waals surface area contributed by atoms with Crippen LogP contribution in [0.4, 0.5) is 17.8 Å². The third-order valence-electron chi connectivity index (χ3n) is 3.01. The molecule has 0 aromatic carbocycles. The lowest BCUT2D eigenvalue weighted by atomic mass is 10.1. The van der Waals surface area contributed by atoms with Crippen molar-refractivity contribution in [2.75, 3.05) is 30.0 Å². The van der Waals surface area contributed by atoms with Gasteiger partial charge in [-0.3, -0.25) is 0 Å². The SMILES string of the molecule is CC1=CCC=C1CCN(C)c1nc(N)nc(N)n1. The molecule has 0 aliphatic heterocycles. The molecule has 0 fully saturated rings. The minimum Gasteiger partial charge on any atom is -0.368 e. The molecule has 6 heteroatoms. The second-order valence-corrected chi connectivity index (χ2v) is 4.38. The molecule has 1 aromatic rings. The van der Waals surface area contributed by atoms with Crippen LogP contribution in [0.2, 0.25) is 0 Å². The monoisotopic (exact) mass is 246 g/mol. The van der Waals surface area contributed by atoms with E-state index in [1.807, 2.05) is 11.9 Å². The predicted octanol–water partition coefficient (Wildman–Crippen LogP) is 1.14. The molecule has 96 valence electrons. The molecule has 0 amide bonds. The van der Waals surface area contributed by atoms with Crippen LogP contribution >= 0.6 is 0 Å². The van der Waals surface area contributed by atoms with Gasteiger partial charge in [0, 0.05) is 13.6 Å². The maximum atomic E-state index is 5.55. The molecule has 18 heavy (non-hydrogen) atoms. The van der Waals surface area contributed by atoms with Gasteiger partial charge in [0.2, 0.25) is 17.8 Å². The number of nitrogens with zero attached hydrogens (tertiary/aromatic N) is 4. The molecule has 1 heterocycles. The number of nitrogen functional groups attached to an aromatic ring is 2. The van der Waals surface area contributed by atoms with Crippen LogP contribution in [-0.4, -0.2) is 28.5 Å². The summed E-state index contributed by atoms with van der Waals surface area (Å²) in [6, 6.07) is 0. The molecular weight excluding hydrogens is 228 g/mol. The van der Waals surface area contributed by atoms with E-state index in [4.69, 9.17) is 11.5 Å². The van der Waals surface area contributed by atoms with E-state index in [1.165, 1.54) is 11.1 Å². The minimum absolute atomic E-state index is 0.153. The summed E-state index contributed by atoms with van der Waals surface area (Å²) in [6.07, 6.45) is 6.48. The molecule has 0 bridgehead atoms. The van der Waals surface area contributed by atoms with Crippen LogP contribution < -0.4 is 16.4 Å². The maximum Gasteiger partial charge on any atom is 0.231 e. The zero-order chi connectivity index (χ0) is 13.1. The summed E-state index contributed by atoms with van der Waals surface area (Å²) in [6.45, 7) is 2.96. The van der Waals surface area contributed by atoms with Gasteiger partial charge in [-0.25, -0.2) is 0 Å². The summed E-state index contributed by atoms with van der Waals surface area (Å²) < 4.78 is 0.